The van der Waals surface area contributed by atoms with Crippen LogP contribution in [0.5, 0.6) is 0 Å². The summed E-state index contributed by atoms with van der Waals surface area (Å²) in [6.45, 7) is 0. The summed E-state index contributed by atoms with van der Waals surface area (Å²) in [6.07, 6.45) is 4.50. The molecule has 1 aromatic carbocycles. The maximum atomic E-state index is 12.4. The van der Waals surface area contributed by atoms with E-state index >= 15 is 0 Å². The molecule has 130 valence electrons. The van der Waals surface area contributed by atoms with Gasteiger partial charge in [0.05, 0.1) is 11.4 Å². The number of carbonyl (C=O) groups is 1. The molecule has 25 heavy (non-hydrogen) atoms. The molecule has 0 saturated carbocycles. The molecule has 7 nitrogen and oxygen atoms in total. The fourth-order valence-electron chi connectivity index (χ4n) is 2.24. The van der Waals surface area contributed by atoms with Gasteiger partial charge in [0, 0.05) is 23.1 Å². The quantitative estimate of drug-likeness (QED) is 0.680. The number of nitrogens with zero attached hydrogens (tertiary/aromatic N) is 2. The first kappa shape index (κ1) is 17.4. The van der Waals surface area contributed by atoms with Gasteiger partial charge in [0.15, 0.2) is 15.6 Å². The molecule has 9 heteroatoms. The van der Waals surface area contributed by atoms with Crippen molar-refractivity contribution >= 4 is 37.4 Å². The van der Waals surface area contributed by atoms with Crippen LogP contribution >= 0.6 is 15.9 Å². The van der Waals surface area contributed by atoms with Crippen LogP contribution in [0.25, 0.3) is 5.69 Å². The number of amides is 1. The summed E-state index contributed by atoms with van der Waals surface area (Å²) in [4.78, 5) is 12.4. The number of rotatable bonds is 5. The van der Waals surface area contributed by atoms with Crippen molar-refractivity contribution in [3.05, 3.63) is 64.8 Å². The summed E-state index contributed by atoms with van der Waals surface area (Å²) >= 11 is 3.37. The van der Waals surface area contributed by atoms with Crippen LogP contribution in [0, 0.1) is 0 Å². The summed E-state index contributed by atoms with van der Waals surface area (Å²) in [7, 11) is -3.23. The summed E-state index contributed by atoms with van der Waals surface area (Å²) in [5, 5.41) is 6.92. The molecule has 1 N–H and O–H groups in total. The summed E-state index contributed by atoms with van der Waals surface area (Å²) in [6, 6.07) is 10.1. The van der Waals surface area contributed by atoms with Crippen LogP contribution in [0.4, 0.5) is 5.69 Å². The monoisotopic (exact) mass is 423 g/mol. The topological polar surface area (TPSA) is 94.2 Å². The lowest BCUT2D eigenvalue weighted by atomic mass is 10.2. The Kier molecular flexibility index (Phi) is 4.78. The van der Waals surface area contributed by atoms with Crippen LogP contribution in [-0.2, 0) is 15.6 Å². The molecular formula is C16H14BrN3O4S. The second-order valence-electron chi connectivity index (χ2n) is 5.40. The van der Waals surface area contributed by atoms with Crippen LogP contribution in [0.1, 0.15) is 16.3 Å². The molecule has 0 spiro atoms. The third-order valence-electron chi connectivity index (χ3n) is 3.25. The van der Waals surface area contributed by atoms with E-state index in [0.29, 0.717) is 11.4 Å². The van der Waals surface area contributed by atoms with E-state index in [0.717, 1.165) is 10.7 Å². The van der Waals surface area contributed by atoms with E-state index in [1.54, 1.807) is 29.2 Å². The first-order valence-corrected chi connectivity index (χ1v) is 10.0. The average Bonchev–Trinajstić information content (AvgIpc) is 3.17. The lowest BCUT2D eigenvalue weighted by molar-refractivity contribution is 0.0995. The molecule has 0 bridgehead atoms. The number of nitrogens with one attached hydrogen (secondary N) is 1. The highest BCUT2D eigenvalue weighted by Crippen LogP contribution is 2.25. The zero-order valence-electron chi connectivity index (χ0n) is 13.1. The first-order valence-electron chi connectivity index (χ1n) is 7.19. The second kappa shape index (κ2) is 6.85. The van der Waals surface area contributed by atoms with Crippen molar-refractivity contribution in [2.75, 3.05) is 11.6 Å². The zero-order valence-corrected chi connectivity index (χ0v) is 15.5. The van der Waals surface area contributed by atoms with Crippen LogP contribution in [0.2, 0.25) is 0 Å². The standard InChI is InChI=1S/C16H14BrN3O4S/c1-25(22,23)10-12-4-6-15(24-12)16(21)19-13-9-11(17)3-5-14(13)20-8-2-7-18-20/h2-9H,10H2,1H3,(H,19,21). The number of aromatic nitrogens is 2. The van der Waals surface area contributed by atoms with Gasteiger partial charge >= 0.3 is 0 Å². The van der Waals surface area contributed by atoms with Gasteiger partial charge in [-0.1, -0.05) is 15.9 Å². The summed E-state index contributed by atoms with van der Waals surface area (Å²) in [5.41, 5.74) is 1.22. The van der Waals surface area contributed by atoms with Gasteiger partial charge < -0.3 is 9.73 Å². The van der Waals surface area contributed by atoms with E-state index in [2.05, 4.69) is 26.3 Å². The van der Waals surface area contributed by atoms with Crippen LogP contribution in [-0.4, -0.2) is 30.4 Å². The van der Waals surface area contributed by atoms with Crippen molar-refractivity contribution in [3.8, 4) is 5.69 Å². The number of carbonyl (C=O) groups excluding carboxylic acids is 1. The van der Waals surface area contributed by atoms with Gasteiger partial charge in [-0.05, 0) is 36.4 Å². The molecule has 0 aliphatic heterocycles. The molecule has 0 aliphatic carbocycles. The van der Waals surface area contributed by atoms with Crippen molar-refractivity contribution in [2.45, 2.75) is 5.75 Å². The lowest BCUT2D eigenvalue weighted by Gasteiger charge is -2.11. The SMILES string of the molecule is CS(=O)(=O)Cc1ccc(C(=O)Nc2cc(Br)ccc2-n2cccn2)o1. The Morgan fingerprint density at radius 1 is 1.32 bits per heavy atom. The number of sulfone groups is 1. The normalized spacial score (nSPS) is 11.4. The minimum absolute atomic E-state index is 0.0324. The van der Waals surface area contributed by atoms with Gasteiger partial charge in [-0.25, -0.2) is 13.1 Å². The largest absolute Gasteiger partial charge is 0.455 e. The number of furan rings is 1. The van der Waals surface area contributed by atoms with Crippen molar-refractivity contribution in [1.29, 1.82) is 0 Å². The number of hydrogen-bond donors (Lipinski definition) is 1. The van der Waals surface area contributed by atoms with Gasteiger partial charge in [0.25, 0.3) is 5.91 Å². The van der Waals surface area contributed by atoms with E-state index in [1.165, 1.54) is 12.1 Å². The predicted molar refractivity (Wildman–Crippen MR) is 96.5 cm³/mol. The van der Waals surface area contributed by atoms with E-state index in [-0.39, 0.29) is 17.3 Å². The minimum atomic E-state index is -3.23. The summed E-state index contributed by atoms with van der Waals surface area (Å²) in [5.74, 6) is -0.485. The lowest BCUT2D eigenvalue weighted by Crippen LogP contribution is -2.13. The molecular weight excluding hydrogens is 410 g/mol. The molecule has 2 heterocycles. The molecule has 0 fully saturated rings. The molecule has 0 atom stereocenters. The summed E-state index contributed by atoms with van der Waals surface area (Å²) < 4.78 is 30.4. The van der Waals surface area contributed by atoms with Crippen LogP contribution in [0.15, 0.2) is 57.7 Å². The van der Waals surface area contributed by atoms with Crippen LogP contribution in [0.3, 0.4) is 0 Å². The fraction of sp³-hybridized carbons (Fsp3) is 0.125. The van der Waals surface area contributed by atoms with Crippen LogP contribution < -0.4 is 5.32 Å². The number of benzene rings is 1. The van der Waals surface area contributed by atoms with Crippen molar-refractivity contribution in [3.63, 3.8) is 0 Å². The molecule has 1 amide bonds. The highest BCUT2D eigenvalue weighted by atomic mass is 79.9. The predicted octanol–water partition coefficient (Wildman–Crippen LogP) is 3.02. The fourth-order valence-corrected chi connectivity index (χ4v) is 3.27. The van der Waals surface area contributed by atoms with E-state index < -0.39 is 15.7 Å². The Balaban J connectivity index is 1.85. The Bertz CT molecular complexity index is 1010. The van der Waals surface area contributed by atoms with E-state index in [9.17, 15) is 13.2 Å². The third kappa shape index (κ3) is 4.37. The molecule has 3 aromatic rings. The molecule has 0 radical (unpaired) electrons. The zero-order chi connectivity index (χ0) is 18.0. The van der Waals surface area contributed by atoms with Gasteiger partial charge in [-0.2, -0.15) is 5.10 Å². The highest BCUT2D eigenvalue weighted by molar-refractivity contribution is 9.10. The molecule has 0 aliphatic rings. The number of halogens is 1. The molecule has 0 saturated heterocycles. The average molecular weight is 424 g/mol. The van der Waals surface area contributed by atoms with Crippen molar-refractivity contribution in [2.24, 2.45) is 0 Å². The molecule has 2 aromatic heterocycles. The molecule has 3 rings (SSSR count). The maximum Gasteiger partial charge on any atom is 0.291 e. The number of hydrogen-bond acceptors (Lipinski definition) is 5. The van der Waals surface area contributed by atoms with Crippen molar-refractivity contribution < 1.29 is 17.6 Å². The molecule has 0 unspecified atom stereocenters. The smallest absolute Gasteiger partial charge is 0.291 e. The van der Waals surface area contributed by atoms with E-state index in [4.69, 9.17) is 4.42 Å². The first-order chi connectivity index (χ1) is 11.8. The van der Waals surface area contributed by atoms with Gasteiger partial charge in [0.1, 0.15) is 11.5 Å². The number of anilines is 1. The third-order valence-corrected chi connectivity index (χ3v) is 4.55. The Hall–Kier alpha value is -2.39. The van der Waals surface area contributed by atoms with Gasteiger partial charge in [0.2, 0.25) is 0 Å². The minimum Gasteiger partial charge on any atom is -0.455 e. The van der Waals surface area contributed by atoms with Crippen molar-refractivity contribution in [1.82, 2.24) is 9.78 Å². The Labute approximate surface area is 152 Å². The van der Waals surface area contributed by atoms with Gasteiger partial charge in [-0.3, -0.25) is 4.79 Å². The van der Waals surface area contributed by atoms with E-state index in [1.807, 2.05) is 12.1 Å². The van der Waals surface area contributed by atoms with Gasteiger partial charge in [-0.15, -0.1) is 0 Å². The highest BCUT2D eigenvalue weighted by Gasteiger charge is 2.16. The Morgan fingerprint density at radius 2 is 2.12 bits per heavy atom. The Morgan fingerprint density at radius 3 is 2.80 bits per heavy atom. The maximum absolute atomic E-state index is 12.4. The second-order valence-corrected chi connectivity index (χ2v) is 8.46.